The minimum atomic E-state index is -1.14. The SMILES string of the molecule is CC1(C)O[C@@H]2O[C@@H]([C@@H](O)c3ccc(Cl)c(Cc4ccc(O)c(F)c4)c3)[C@@H](O)[C@@H]2O1. The van der Waals surface area contributed by atoms with Crippen LogP contribution in [0.25, 0.3) is 0 Å². The second kappa shape index (κ2) is 7.50. The number of halogens is 2. The van der Waals surface area contributed by atoms with Crippen molar-refractivity contribution in [3.05, 3.63) is 63.9 Å². The molecule has 2 aliphatic heterocycles. The van der Waals surface area contributed by atoms with Crippen molar-refractivity contribution in [2.45, 2.75) is 56.8 Å². The fourth-order valence-electron chi connectivity index (χ4n) is 3.76. The molecule has 0 bridgehead atoms. The molecule has 156 valence electrons. The topological polar surface area (TPSA) is 88.4 Å². The minimum Gasteiger partial charge on any atom is -0.505 e. The Morgan fingerprint density at radius 1 is 1.17 bits per heavy atom. The zero-order valence-electron chi connectivity index (χ0n) is 15.9. The number of aliphatic hydroxyl groups is 2. The van der Waals surface area contributed by atoms with Crippen molar-refractivity contribution in [1.29, 1.82) is 0 Å². The van der Waals surface area contributed by atoms with Gasteiger partial charge in [0.15, 0.2) is 23.6 Å². The number of aromatic hydroxyl groups is 1. The molecule has 2 aliphatic rings. The van der Waals surface area contributed by atoms with Crippen molar-refractivity contribution < 1.29 is 33.9 Å². The molecule has 29 heavy (non-hydrogen) atoms. The van der Waals surface area contributed by atoms with Crippen LogP contribution in [0.15, 0.2) is 36.4 Å². The zero-order chi connectivity index (χ0) is 20.9. The van der Waals surface area contributed by atoms with Gasteiger partial charge in [0.2, 0.25) is 0 Å². The van der Waals surface area contributed by atoms with E-state index in [4.69, 9.17) is 25.8 Å². The van der Waals surface area contributed by atoms with Crippen LogP contribution in [0.3, 0.4) is 0 Å². The first-order valence-corrected chi connectivity index (χ1v) is 9.65. The fraction of sp³-hybridized carbons (Fsp3) is 0.429. The lowest BCUT2D eigenvalue weighted by Crippen LogP contribution is -2.37. The highest BCUT2D eigenvalue weighted by atomic mass is 35.5. The number of phenolic OH excluding ortho intramolecular Hbond substituents is 1. The Bertz CT molecular complexity index is 920. The molecule has 0 aromatic heterocycles. The van der Waals surface area contributed by atoms with Crippen LogP contribution in [0.1, 0.15) is 36.6 Å². The molecular weight excluding hydrogens is 403 g/mol. The first kappa shape index (κ1) is 20.5. The molecule has 2 heterocycles. The van der Waals surface area contributed by atoms with Crippen LogP contribution in [-0.4, -0.2) is 45.7 Å². The maximum atomic E-state index is 13.6. The summed E-state index contributed by atoms with van der Waals surface area (Å²) in [6.07, 6.45) is -4.28. The molecule has 0 amide bonds. The Morgan fingerprint density at radius 3 is 2.62 bits per heavy atom. The summed E-state index contributed by atoms with van der Waals surface area (Å²) in [6.45, 7) is 3.45. The first-order valence-electron chi connectivity index (χ1n) is 9.27. The molecule has 3 N–H and O–H groups in total. The van der Waals surface area contributed by atoms with E-state index in [0.717, 1.165) is 0 Å². The highest BCUT2D eigenvalue weighted by Gasteiger charge is 2.56. The third-order valence-electron chi connectivity index (χ3n) is 5.18. The van der Waals surface area contributed by atoms with Gasteiger partial charge in [-0.25, -0.2) is 4.39 Å². The van der Waals surface area contributed by atoms with E-state index < -0.39 is 48.1 Å². The third-order valence-corrected chi connectivity index (χ3v) is 5.55. The summed E-state index contributed by atoms with van der Waals surface area (Å²) in [4.78, 5) is 0. The zero-order valence-corrected chi connectivity index (χ0v) is 16.6. The summed E-state index contributed by atoms with van der Waals surface area (Å²) < 4.78 is 30.6. The quantitative estimate of drug-likeness (QED) is 0.699. The van der Waals surface area contributed by atoms with E-state index in [9.17, 15) is 19.7 Å². The van der Waals surface area contributed by atoms with Gasteiger partial charge in [-0.3, -0.25) is 0 Å². The van der Waals surface area contributed by atoms with E-state index in [0.29, 0.717) is 28.1 Å². The van der Waals surface area contributed by atoms with Crippen LogP contribution < -0.4 is 0 Å². The van der Waals surface area contributed by atoms with Crippen molar-refractivity contribution in [3.8, 4) is 5.75 Å². The monoisotopic (exact) mass is 424 g/mol. The summed E-state index contributed by atoms with van der Waals surface area (Å²) in [5.74, 6) is -2.00. The second-order valence-electron chi connectivity index (χ2n) is 7.82. The van der Waals surface area contributed by atoms with Crippen LogP contribution in [0, 0.1) is 5.82 Å². The number of rotatable bonds is 4. The van der Waals surface area contributed by atoms with Gasteiger partial charge in [-0.05, 0) is 55.2 Å². The van der Waals surface area contributed by atoms with Gasteiger partial charge >= 0.3 is 0 Å². The van der Waals surface area contributed by atoms with Gasteiger partial charge < -0.3 is 29.5 Å². The largest absolute Gasteiger partial charge is 0.505 e. The number of fused-ring (bicyclic) bond motifs is 1. The molecule has 8 heteroatoms. The Hall–Kier alpha value is -1.74. The number of aliphatic hydroxyl groups excluding tert-OH is 2. The van der Waals surface area contributed by atoms with Crippen LogP contribution in [0.4, 0.5) is 4.39 Å². The van der Waals surface area contributed by atoms with E-state index in [2.05, 4.69) is 0 Å². The average molecular weight is 425 g/mol. The van der Waals surface area contributed by atoms with Gasteiger partial charge in [0.05, 0.1) is 0 Å². The normalized spacial score (nSPS) is 29.0. The second-order valence-corrected chi connectivity index (χ2v) is 8.23. The molecule has 2 aromatic carbocycles. The summed E-state index contributed by atoms with van der Waals surface area (Å²) in [6, 6.07) is 9.07. The highest BCUT2D eigenvalue weighted by molar-refractivity contribution is 6.31. The Labute approximate surface area is 172 Å². The summed E-state index contributed by atoms with van der Waals surface area (Å²) in [5.41, 5.74) is 1.77. The predicted octanol–water partition coefficient (Wildman–Crippen LogP) is 3.05. The fourth-order valence-corrected chi connectivity index (χ4v) is 3.95. The van der Waals surface area contributed by atoms with E-state index >= 15 is 0 Å². The summed E-state index contributed by atoms with van der Waals surface area (Å²) >= 11 is 6.27. The molecule has 2 aromatic rings. The molecule has 2 saturated heterocycles. The standard InChI is InChI=1S/C21H22ClFO6/c1-21(2)28-19-17(26)18(27-20(19)29-21)16(25)11-4-5-13(22)12(9-11)7-10-3-6-15(24)14(23)8-10/h3-6,8-9,16-20,24-26H,7H2,1-2H3/t16-,17+,18-,19-,20-/m0/s1. The van der Waals surface area contributed by atoms with Crippen molar-refractivity contribution in [2.75, 3.05) is 0 Å². The Balaban J connectivity index is 1.53. The number of phenols is 1. The van der Waals surface area contributed by atoms with Crippen LogP contribution in [0.5, 0.6) is 5.75 Å². The van der Waals surface area contributed by atoms with E-state index in [-0.39, 0.29) is 0 Å². The van der Waals surface area contributed by atoms with Crippen molar-refractivity contribution in [3.63, 3.8) is 0 Å². The maximum Gasteiger partial charge on any atom is 0.190 e. The van der Waals surface area contributed by atoms with Gasteiger partial charge in [0.1, 0.15) is 24.4 Å². The molecule has 0 spiro atoms. The third kappa shape index (κ3) is 3.99. The molecule has 6 nitrogen and oxygen atoms in total. The number of hydrogen-bond donors (Lipinski definition) is 3. The molecule has 5 atom stereocenters. The van der Waals surface area contributed by atoms with Crippen molar-refractivity contribution >= 4 is 11.6 Å². The number of benzene rings is 2. The van der Waals surface area contributed by atoms with Gasteiger partial charge in [0, 0.05) is 5.02 Å². The molecule has 0 saturated carbocycles. The smallest absolute Gasteiger partial charge is 0.190 e. The van der Waals surface area contributed by atoms with Crippen molar-refractivity contribution in [1.82, 2.24) is 0 Å². The van der Waals surface area contributed by atoms with E-state index in [1.165, 1.54) is 12.1 Å². The molecular formula is C21H22ClFO6. The molecule has 0 radical (unpaired) electrons. The Morgan fingerprint density at radius 2 is 1.93 bits per heavy atom. The van der Waals surface area contributed by atoms with E-state index in [1.807, 2.05) is 0 Å². The Kier molecular flexibility index (Phi) is 5.31. The van der Waals surface area contributed by atoms with Gasteiger partial charge in [0.25, 0.3) is 0 Å². The van der Waals surface area contributed by atoms with Gasteiger partial charge in [-0.1, -0.05) is 29.8 Å². The summed E-state index contributed by atoms with van der Waals surface area (Å²) in [5, 5.41) is 31.1. The molecule has 0 unspecified atom stereocenters. The summed E-state index contributed by atoms with van der Waals surface area (Å²) in [7, 11) is 0. The lowest BCUT2D eigenvalue weighted by atomic mass is 9.96. The van der Waals surface area contributed by atoms with E-state index in [1.54, 1.807) is 38.1 Å². The lowest BCUT2D eigenvalue weighted by Gasteiger charge is -2.26. The van der Waals surface area contributed by atoms with Crippen LogP contribution >= 0.6 is 11.6 Å². The lowest BCUT2D eigenvalue weighted by molar-refractivity contribution is -0.226. The van der Waals surface area contributed by atoms with Gasteiger partial charge in [-0.15, -0.1) is 0 Å². The maximum absolute atomic E-state index is 13.6. The average Bonchev–Trinajstić information content (AvgIpc) is 3.12. The van der Waals surface area contributed by atoms with Crippen LogP contribution in [0.2, 0.25) is 5.02 Å². The van der Waals surface area contributed by atoms with Crippen LogP contribution in [-0.2, 0) is 20.6 Å². The highest BCUT2D eigenvalue weighted by Crippen LogP contribution is 2.41. The number of hydrogen-bond acceptors (Lipinski definition) is 6. The minimum absolute atomic E-state index is 0.302. The van der Waals surface area contributed by atoms with Crippen molar-refractivity contribution in [2.24, 2.45) is 0 Å². The first-order chi connectivity index (χ1) is 13.6. The van der Waals surface area contributed by atoms with Gasteiger partial charge in [-0.2, -0.15) is 0 Å². The molecule has 2 fully saturated rings. The predicted molar refractivity (Wildman–Crippen MR) is 102 cm³/mol. The molecule has 4 rings (SSSR count). The molecule has 0 aliphatic carbocycles. The number of ether oxygens (including phenoxy) is 3.